The monoisotopic (exact) mass is 245 g/mol. The van der Waals surface area contributed by atoms with Crippen LogP contribution in [0.2, 0.25) is 0 Å². The molecule has 2 heteroatoms. The van der Waals surface area contributed by atoms with Crippen molar-refractivity contribution < 1.29 is 4.74 Å². The Bertz CT molecular complexity index is 480. The third kappa shape index (κ3) is 1.93. The largest absolute Gasteiger partial charge is 0.487 e. The van der Waals surface area contributed by atoms with Gasteiger partial charge in [-0.15, -0.1) is 0 Å². The van der Waals surface area contributed by atoms with Gasteiger partial charge < -0.3 is 10.5 Å². The maximum Gasteiger partial charge on any atom is 0.124 e. The molecule has 1 aliphatic heterocycles. The Morgan fingerprint density at radius 2 is 2.06 bits per heavy atom. The second-order valence-corrected chi connectivity index (χ2v) is 6.98. The molecule has 1 aromatic rings. The van der Waals surface area contributed by atoms with Crippen LogP contribution in [0.15, 0.2) is 18.2 Å². The van der Waals surface area contributed by atoms with Gasteiger partial charge in [0.1, 0.15) is 11.4 Å². The highest BCUT2D eigenvalue weighted by atomic mass is 16.5. The van der Waals surface area contributed by atoms with E-state index in [1.54, 1.807) is 0 Å². The molecule has 0 radical (unpaired) electrons. The molecule has 1 fully saturated rings. The van der Waals surface area contributed by atoms with Crippen LogP contribution >= 0.6 is 0 Å². The van der Waals surface area contributed by atoms with Gasteiger partial charge in [0.2, 0.25) is 0 Å². The highest BCUT2D eigenvalue weighted by Crippen LogP contribution is 2.52. The van der Waals surface area contributed by atoms with E-state index in [1.165, 1.54) is 17.5 Å². The molecule has 2 N–H and O–H groups in total. The van der Waals surface area contributed by atoms with E-state index in [-0.39, 0.29) is 11.6 Å². The maximum absolute atomic E-state index is 6.38. The number of benzene rings is 1. The lowest BCUT2D eigenvalue weighted by atomic mass is 9.82. The van der Waals surface area contributed by atoms with E-state index in [0.717, 1.165) is 25.0 Å². The van der Waals surface area contributed by atoms with Crippen LogP contribution in [0.4, 0.5) is 0 Å². The molecule has 1 heterocycles. The Morgan fingerprint density at radius 3 is 2.72 bits per heavy atom. The SMILES string of the molecule is Cc1ccc2c(c1)[C@@H](N)CC1(CCC(C)(C)C1)O2. The van der Waals surface area contributed by atoms with Gasteiger partial charge in [0, 0.05) is 18.0 Å². The Morgan fingerprint density at radius 1 is 1.28 bits per heavy atom. The van der Waals surface area contributed by atoms with E-state index in [9.17, 15) is 0 Å². The third-order valence-corrected chi connectivity index (χ3v) is 4.54. The van der Waals surface area contributed by atoms with Crippen molar-refractivity contribution in [3.05, 3.63) is 29.3 Å². The minimum absolute atomic E-state index is 0.00876. The first-order valence-corrected chi connectivity index (χ1v) is 6.94. The van der Waals surface area contributed by atoms with Crippen LogP contribution in [-0.4, -0.2) is 5.60 Å². The second-order valence-electron chi connectivity index (χ2n) is 6.98. The van der Waals surface area contributed by atoms with E-state index in [1.807, 2.05) is 0 Å². The van der Waals surface area contributed by atoms with E-state index in [0.29, 0.717) is 5.41 Å². The molecule has 1 aromatic carbocycles. The highest BCUT2D eigenvalue weighted by molar-refractivity contribution is 5.41. The number of rotatable bonds is 0. The molecule has 3 rings (SSSR count). The topological polar surface area (TPSA) is 35.2 Å². The number of ether oxygens (including phenoxy) is 1. The lowest BCUT2D eigenvalue weighted by molar-refractivity contribution is 0.0331. The molecule has 1 unspecified atom stereocenters. The van der Waals surface area contributed by atoms with Crippen molar-refractivity contribution in [2.24, 2.45) is 11.1 Å². The highest BCUT2D eigenvalue weighted by Gasteiger charge is 2.48. The van der Waals surface area contributed by atoms with Gasteiger partial charge in [0.25, 0.3) is 0 Å². The van der Waals surface area contributed by atoms with Gasteiger partial charge in [0.15, 0.2) is 0 Å². The Hall–Kier alpha value is -1.02. The van der Waals surface area contributed by atoms with Gasteiger partial charge in [-0.25, -0.2) is 0 Å². The standard InChI is InChI=1S/C16H23NO/c1-11-4-5-14-12(8-11)13(17)9-16(18-14)7-6-15(2,3)10-16/h4-5,8,13H,6-7,9-10,17H2,1-3H3/t13-,16?/m0/s1. The molecule has 2 atom stereocenters. The van der Waals surface area contributed by atoms with Gasteiger partial charge in [0.05, 0.1) is 0 Å². The minimum atomic E-state index is -0.00876. The summed E-state index contributed by atoms with van der Waals surface area (Å²) in [6, 6.07) is 6.51. The number of fused-ring (bicyclic) bond motifs is 1. The predicted octanol–water partition coefficient (Wildman–Crippen LogP) is 3.73. The molecular formula is C16H23NO. The molecule has 0 saturated heterocycles. The summed E-state index contributed by atoms with van der Waals surface area (Å²) in [5, 5.41) is 0. The quantitative estimate of drug-likeness (QED) is 0.756. The molecular weight excluding hydrogens is 222 g/mol. The first-order chi connectivity index (χ1) is 8.39. The molecule has 0 aromatic heterocycles. The fourth-order valence-corrected chi connectivity index (χ4v) is 3.71. The Labute approximate surface area is 110 Å². The molecule has 1 aliphatic carbocycles. The van der Waals surface area contributed by atoms with Crippen LogP contribution in [0.3, 0.4) is 0 Å². The van der Waals surface area contributed by atoms with Crippen molar-refractivity contribution in [2.75, 3.05) is 0 Å². The smallest absolute Gasteiger partial charge is 0.124 e. The zero-order chi connectivity index (χ0) is 13.0. The number of hydrogen-bond acceptors (Lipinski definition) is 2. The summed E-state index contributed by atoms with van der Waals surface area (Å²) >= 11 is 0. The van der Waals surface area contributed by atoms with Crippen LogP contribution in [0.25, 0.3) is 0 Å². The molecule has 1 saturated carbocycles. The summed E-state index contributed by atoms with van der Waals surface area (Å²) in [6.07, 6.45) is 4.47. The first kappa shape index (κ1) is 12.0. The molecule has 0 bridgehead atoms. The van der Waals surface area contributed by atoms with Crippen molar-refractivity contribution in [3.8, 4) is 5.75 Å². The van der Waals surface area contributed by atoms with Crippen LogP contribution in [0.1, 0.15) is 56.7 Å². The Kier molecular flexibility index (Phi) is 2.50. The summed E-state index contributed by atoms with van der Waals surface area (Å²) in [6.45, 7) is 6.78. The van der Waals surface area contributed by atoms with E-state index < -0.39 is 0 Å². The molecule has 18 heavy (non-hydrogen) atoms. The van der Waals surface area contributed by atoms with Gasteiger partial charge in [-0.1, -0.05) is 31.5 Å². The van der Waals surface area contributed by atoms with Crippen LogP contribution in [-0.2, 0) is 0 Å². The van der Waals surface area contributed by atoms with Crippen LogP contribution in [0.5, 0.6) is 5.75 Å². The van der Waals surface area contributed by atoms with Gasteiger partial charge in [-0.2, -0.15) is 0 Å². The van der Waals surface area contributed by atoms with Crippen molar-refractivity contribution in [3.63, 3.8) is 0 Å². The molecule has 1 spiro atoms. The van der Waals surface area contributed by atoms with Gasteiger partial charge in [-0.3, -0.25) is 0 Å². The fraction of sp³-hybridized carbons (Fsp3) is 0.625. The van der Waals surface area contributed by atoms with Crippen molar-refractivity contribution in [2.45, 2.75) is 58.1 Å². The summed E-state index contributed by atoms with van der Waals surface area (Å²) in [7, 11) is 0. The lowest BCUT2D eigenvalue weighted by Crippen LogP contribution is -2.41. The average Bonchev–Trinajstić information content (AvgIpc) is 2.56. The van der Waals surface area contributed by atoms with Crippen molar-refractivity contribution in [1.29, 1.82) is 0 Å². The molecule has 2 nitrogen and oxygen atoms in total. The third-order valence-electron chi connectivity index (χ3n) is 4.54. The zero-order valence-corrected chi connectivity index (χ0v) is 11.6. The molecule has 0 amide bonds. The summed E-state index contributed by atoms with van der Waals surface area (Å²) in [5.74, 6) is 1.01. The predicted molar refractivity (Wildman–Crippen MR) is 73.7 cm³/mol. The number of nitrogens with two attached hydrogens (primary N) is 1. The minimum Gasteiger partial charge on any atom is -0.487 e. The van der Waals surface area contributed by atoms with Crippen molar-refractivity contribution in [1.82, 2.24) is 0 Å². The van der Waals surface area contributed by atoms with Gasteiger partial charge in [-0.05, 0) is 37.7 Å². The number of aryl methyl sites for hydroxylation is 1. The number of hydrogen-bond donors (Lipinski definition) is 1. The summed E-state index contributed by atoms with van der Waals surface area (Å²) in [4.78, 5) is 0. The lowest BCUT2D eigenvalue weighted by Gasteiger charge is -2.39. The van der Waals surface area contributed by atoms with E-state index in [2.05, 4.69) is 39.0 Å². The summed E-state index contributed by atoms with van der Waals surface area (Å²) in [5.41, 5.74) is 9.21. The normalized spacial score (nSPS) is 33.2. The zero-order valence-electron chi connectivity index (χ0n) is 11.6. The fourth-order valence-electron chi connectivity index (χ4n) is 3.71. The first-order valence-electron chi connectivity index (χ1n) is 6.94. The van der Waals surface area contributed by atoms with Gasteiger partial charge >= 0.3 is 0 Å². The van der Waals surface area contributed by atoms with Crippen LogP contribution in [0, 0.1) is 12.3 Å². The van der Waals surface area contributed by atoms with Crippen molar-refractivity contribution >= 4 is 0 Å². The van der Waals surface area contributed by atoms with E-state index in [4.69, 9.17) is 10.5 Å². The maximum atomic E-state index is 6.38. The molecule has 2 aliphatic rings. The second kappa shape index (κ2) is 3.74. The molecule has 98 valence electrons. The average molecular weight is 245 g/mol. The summed E-state index contributed by atoms with van der Waals surface area (Å²) < 4.78 is 6.36. The van der Waals surface area contributed by atoms with Crippen LogP contribution < -0.4 is 10.5 Å². The Balaban J connectivity index is 1.95. The van der Waals surface area contributed by atoms with E-state index >= 15 is 0 Å².